The van der Waals surface area contributed by atoms with E-state index in [0.29, 0.717) is 42.3 Å². The summed E-state index contributed by atoms with van der Waals surface area (Å²) in [5.74, 6) is 2.59. The molecule has 7 atom stereocenters. The second-order valence-electron chi connectivity index (χ2n) is 9.48. The van der Waals surface area contributed by atoms with Gasteiger partial charge in [-0.25, -0.2) is 0 Å². The molecule has 24 heavy (non-hydrogen) atoms. The molecule has 0 bridgehead atoms. The zero-order chi connectivity index (χ0) is 17.1. The van der Waals surface area contributed by atoms with Gasteiger partial charge in [-0.3, -0.25) is 9.59 Å². The van der Waals surface area contributed by atoms with Crippen LogP contribution in [0.5, 0.6) is 0 Å². The van der Waals surface area contributed by atoms with Gasteiger partial charge in [-0.1, -0.05) is 20.3 Å². The Hall–Kier alpha value is -0.990. The molecule has 4 aliphatic rings. The van der Waals surface area contributed by atoms with Crippen molar-refractivity contribution in [3.63, 3.8) is 0 Å². The SMILES string of the molecule is C[C@]12C(C=O)CC(=O)CC1CCC[C@@H]1[C@@H]2CC[C@]2(C)C(=O)CC[C@@H]12. The minimum atomic E-state index is -0.115. The first-order chi connectivity index (χ1) is 11.4. The molecule has 4 aliphatic carbocycles. The van der Waals surface area contributed by atoms with Gasteiger partial charge >= 0.3 is 0 Å². The first kappa shape index (κ1) is 16.5. The van der Waals surface area contributed by atoms with Gasteiger partial charge in [-0.05, 0) is 61.2 Å². The van der Waals surface area contributed by atoms with Crippen molar-refractivity contribution in [2.45, 2.75) is 71.6 Å². The maximum absolute atomic E-state index is 12.5. The van der Waals surface area contributed by atoms with Crippen LogP contribution in [0.1, 0.15) is 71.6 Å². The van der Waals surface area contributed by atoms with E-state index < -0.39 is 0 Å². The molecule has 0 aromatic carbocycles. The van der Waals surface area contributed by atoms with Crippen molar-refractivity contribution >= 4 is 17.9 Å². The number of fused-ring (bicyclic) bond motifs is 5. The highest BCUT2D eigenvalue weighted by Crippen LogP contribution is 2.64. The van der Waals surface area contributed by atoms with E-state index in [-0.39, 0.29) is 22.5 Å². The third-order valence-corrected chi connectivity index (χ3v) is 8.80. The largest absolute Gasteiger partial charge is 0.303 e. The van der Waals surface area contributed by atoms with Crippen LogP contribution in [0.15, 0.2) is 0 Å². The minimum absolute atomic E-state index is 0.0379. The Bertz CT molecular complexity index is 582. The lowest BCUT2D eigenvalue weighted by molar-refractivity contribution is -0.146. The highest BCUT2D eigenvalue weighted by molar-refractivity contribution is 5.87. The van der Waals surface area contributed by atoms with Crippen LogP contribution >= 0.6 is 0 Å². The molecule has 0 aliphatic heterocycles. The van der Waals surface area contributed by atoms with Crippen LogP contribution in [-0.4, -0.2) is 17.9 Å². The Balaban J connectivity index is 1.74. The molecule has 0 aromatic rings. The molecular weight excluding hydrogens is 300 g/mol. The number of hydrogen-bond donors (Lipinski definition) is 0. The molecular formula is C21H30O3. The summed E-state index contributed by atoms with van der Waals surface area (Å²) in [6.07, 6.45) is 9.46. The Morgan fingerprint density at radius 2 is 1.79 bits per heavy atom. The standard InChI is InChI=1S/C21H30O3/c1-20-9-8-18-16(17(20)6-7-19(20)24)5-3-4-13-10-15(23)11-14(12-22)21(13,18)2/h12-14,16-18H,3-11H2,1-2H3/t13?,14?,16-,17-,18-,20-,21+/m0/s1. The number of Topliss-reactive ketones (excluding diaryl/α,β-unsaturated/α-hetero) is 2. The van der Waals surface area contributed by atoms with E-state index in [0.717, 1.165) is 44.8 Å². The number of carbonyl (C=O) groups excluding carboxylic acids is 3. The van der Waals surface area contributed by atoms with Crippen molar-refractivity contribution in [1.82, 2.24) is 0 Å². The average Bonchev–Trinajstić information content (AvgIpc) is 2.77. The number of carbonyl (C=O) groups is 3. The van der Waals surface area contributed by atoms with E-state index in [9.17, 15) is 14.4 Å². The van der Waals surface area contributed by atoms with Gasteiger partial charge in [0.25, 0.3) is 0 Å². The normalized spacial score (nSPS) is 51.3. The van der Waals surface area contributed by atoms with Gasteiger partial charge in [0, 0.05) is 30.6 Å². The molecule has 0 aromatic heterocycles. The molecule has 0 radical (unpaired) electrons. The zero-order valence-corrected chi connectivity index (χ0v) is 15.1. The fraction of sp³-hybridized carbons (Fsp3) is 0.857. The fourth-order valence-corrected chi connectivity index (χ4v) is 7.36. The maximum atomic E-state index is 12.5. The molecule has 0 spiro atoms. The second-order valence-corrected chi connectivity index (χ2v) is 9.48. The summed E-state index contributed by atoms with van der Waals surface area (Å²) in [6, 6.07) is 0. The minimum Gasteiger partial charge on any atom is -0.303 e. The van der Waals surface area contributed by atoms with Crippen LogP contribution in [0, 0.1) is 40.4 Å². The predicted octanol–water partition coefficient (Wildman–Crippen LogP) is 3.98. The molecule has 3 nitrogen and oxygen atoms in total. The van der Waals surface area contributed by atoms with E-state index in [1.54, 1.807) is 0 Å². The maximum Gasteiger partial charge on any atom is 0.139 e. The van der Waals surface area contributed by atoms with Crippen molar-refractivity contribution in [3.05, 3.63) is 0 Å². The van der Waals surface area contributed by atoms with Gasteiger partial charge in [0.1, 0.15) is 17.9 Å². The number of aldehydes is 1. The summed E-state index contributed by atoms with van der Waals surface area (Å²) in [7, 11) is 0. The lowest BCUT2D eigenvalue weighted by atomic mass is 9.47. The molecule has 2 unspecified atom stereocenters. The first-order valence-corrected chi connectivity index (χ1v) is 9.91. The fourth-order valence-electron chi connectivity index (χ4n) is 7.36. The predicted molar refractivity (Wildman–Crippen MR) is 91.3 cm³/mol. The number of ketones is 2. The molecule has 4 rings (SSSR count). The molecule has 0 N–H and O–H groups in total. The summed E-state index contributed by atoms with van der Waals surface area (Å²) < 4.78 is 0. The molecule has 132 valence electrons. The van der Waals surface area contributed by atoms with E-state index in [1.165, 1.54) is 6.42 Å². The summed E-state index contributed by atoms with van der Waals surface area (Å²) in [5.41, 5.74) is -0.150. The highest BCUT2D eigenvalue weighted by atomic mass is 16.1. The highest BCUT2D eigenvalue weighted by Gasteiger charge is 2.61. The third kappa shape index (κ3) is 2.05. The van der Waals surface area contributed by atoms with E-state index >= 15 is 0 Å². The Morgan fingerprint density at radius 1 is 1.00 bits per heavy atom. The first-order valence-electron chi connectivity index (χ1n) is 9.91. The smallest absolute Gasteiger partial charge is 0.139 e. The average molecular weight is 330 g/mol. The van der Waals surface area contributed by atoms with Crippen LogP contribution in [-0.2, 0) is 14.4 Å². The van der Waals surface area contributed by atoms with Crippen LogP contribution < -0.4 is 0 Å². The Morgan fingerprint density at radius 3 is 2.54 bits per heavy atom. The summed E-state index contributed by atoms with van der Waals surface area (Å²) >= 11 is 0. The monoisotopic (exact) mass is 330 g/mol. The molecule has 3 heteroatoms. The van der Waals surface area contributed by atoms with Crippen LogP contribution in [0.2, 0.25) is 0 Å². The Labute approximate surface area is 144 Å². The zero-order valence-electron chi connectivity index (χ0n) is 15.1. The Kier molecular flexibility index (Phi) is 3.78. The quantitative estimate of drug-likeness (QED) is 0.683. The lowest BCUT2D eigenvalue weighted by Crippen LogP contribution is -2.53. The van der Waals surface area contributed by atoms with Crippen LogP contribution in [0.25, 0.3) is 0 Å². The summed E-state index contributed by atoms with van der Waals surface area (Å²) in [5, 5.41) is 0. The van der Waals surface area contributed by atoms with Crippen molar-refractivity contribution in [2.75, 3.05) is 0 Å². The van der Waals surface area contributed by atoms with Crippen LogP contribution in [0.4, 0.5) is 0 Å². The molecule has 0 amide bonds. The van der Waals surface area contributed by atoms with Crippen molar-refractivity contribution in [1.29, 1.82) is 0 Å². The van der Waals surface area contributed by atoms with Crippen molar-refractivity contribution in [3.8, 4) is 0 Å². The van der Waals surface area contributed by atoms with Crippen molar-refractivity contribution < 1.29 is 14.4 Å². The summed E-state index contributed by atoms with van der Waals surface area (Å²) in [6.45, 7) is 4.52. The lowest BCUT2D eigenvalue weighted by Gasteiger charge is -2.56. The van der Waals surface area contributed by atoms with Gasteiger partial charge in [0.05, 0.1) is 0 Å². The molecule has 0 saturated heterocycles. The van der Waals surface area contributed by atoms with E-state index in [2.05, 4.69) is 13.8 Å². The van der Waals surface area contributed by atoms with Crippen LogP contribution in [0.3, 0.4) is 0 Å². The molecule has 0 heterocycles. The van der Waals surface area contributed by atoms with Gasteiger partial charge in [-0.2, -0.15) is 0 Å². The van der Waals surface area contributed by atoms with Gasteiger partial charge in [-0.15, -0.1) is 0 Å². The molecule has 4 saturated carbocycles. The van der Waals surface area contributed by atoms with Gasteiger partial charge in [0.15, 0.2) is 0 Å². The number of rotatable bonds is 1. The van der Waals surface area contributed by atoms with Crippen molar-refractivity contribution in [2.24, 2.45) is 40.4 Å². The van der Waals surface area contributed by atoms with E-state index in [4.69, 9.17) is 0 Å². The second kappa shape index (κ2) is 5.51. The topological polar surface area (TPSA) is 51.2 Å². The van der Waals surface area contributed by atoms with Gasteiger partial charge < -0.3 is 4.79 Å². The van der Waals surface area contributed by atoms with E-state index in [1.807, 2.05) is 0 Å². The molecule has 4 fully saturated rings. The third-order valence-electron chi connectivity index (χ3n) is 8.80. The number of hydrogen-bond acceptors (Lipinski definition) is 3. The van der Waals surface area contributed by atoms with Gasteiger partial charge in [0.2, 0.25) is 0 Å². The summed E-state index contributed by atoms with van der Waals surface area (Å²) in [4.78, 5) is 36.6.